The average Bonchev–Trinajstić information content (AvgIpc) is 3.34. The largest absolute Gasteiger partial charge is 0.417 e. The molecule has 4 nitrogen and oxygen atoms in total. The monoisotopic (exact) mass is 501 g/mol. The fraction of sp³-hybridized carbons (Fsp3) is 0.333. The first kappa shape index (κ1) is 25.2. The number of likely N-dealkylation sites (N-methyl/N-ethyl adjacent to an activating group) is 1. The summed E-state index contributed by atoms with van der Waals surface area (Å²) in [7, 11) is 3.96. The minimum atomic E-state index is -4.65. The van der Waals surface area contributed by atoms with Crippen molar-refractivity contribution < 1.29 is 18.0 Å². The second-order valence-corrected chi connectivity index (χ2v) is 9.52. The van der Waals surface area contributed by atoms with Crippen LogP contribution in [0.4, 0.5) is 13.2 Å². The minimum Gasteiger partial charge on any atom is -0.343 e. The predicted molar refractivity (Wildman–Crippen MR) is 131 cm³/mol. The van der Waals surface area contributed by atoms with Crippen LogP contribution >= 0.6 is 11.6 Å². The lowest BCUT2D eigenvalue weighted by molar-refractivity contribution is -0.137. The molecule has 1 aliphatic rings. The first-order chi connectivity index (χ1) is 16.6. The molecular weight excluding hydrogens is 475 g/mol. The predicted octanol–water partition coefficient (Wildman–Crippen LogP) is 6.77. The number of carbonyl (C=O) groups is 1. The molecule has 1 aliphatic carbocycles. The van der Waals surface area contributed by atoms with Crippen LogP contribution in [0, 0.1) is 0 Å². The van der Waals surface area contributed by atoms with Gasteiger partial charge in [0.15, 0.2) is 0 Å². The van der Waals surface area contributed by atoms with Crippen LogP contribution in [0.2, 0.25) is 5.02 Å². The molecule has 0 bridgehead atoms. The van der Waals surface area contributed by atoms with Gasteiger partial charge in [-0.2, -0.15) is 13.2 Å². The molecule has 1 amide bonds. The Kier molecular flexibility index (Phi) is 7.20. The summed E-state index contributed by atoms with van der Waals surface area (Å²) in [6.45, 7) is 0. The number of hydrogen-bond donors (Lipinski definition) is 1. The molecule has 1 aromatic heterocycles. The molecule has 1 N–H and O–H groups in total. The molecule has 0 saturated heterocycles. The van der Waals surface area contributed by atoms with Gasteiger partial charge < -0.3 is 10.2 Å². The number of carbonyl (C=O) groups excluding carboxylic acids is 1. The first-order valence-corrected chi connectivity index (χ1v) is 11.9. The number of aromatic nitrogens is 1. The third-order valence-electron chi connectivity index (χ3n) is 6.96. The van der Waals surface area contributed by atoms with Crippen LogP contribution in [0.1, 0.15) is 53.2 Å². The quantitative estimate of drug-likeness (QED) is 0.405. The number of amides is 1. The van der Waals surface area contributed by atoms with Gasteiger partial charge in [-0.05, 0) is 61.8 Å². The number of alkyl halides is 3. The van der Waals surface area contributed by atoms with Crippen LogP contribution in [-0.4, -0.2) is 35.4 Å². The van der Waals surface area contributed by atoms with Gasteiger partial charge in [0.25, 0.3) is 5.91 Å². The van der Waals surface area contributed by atoms with Crippen molar-refractivity contribution in [1.82, 2.24) is 15.2 Å². The number of halogens is 4. The second kappa shape index (κ2) is 9.99. The molecular formula is C27H27ClF3N3O. The van der Waals surface area contributed by atoms with Crippen LogP contribution in [0.25, 0.3) is 11.1 Å². The zero-order valence-electron chi connectivity index (χ0n) is 19.6. The summed E-state index contributed by atoms with van der Waals surface area (Å²) in [6.07, 6.45) is 2.55. The molecule has 0 spiro atoms. The summed E-state index contributed by atoms with van der Waals surface area (Å²) in [5.74, 6) is -0.629. The fourth-order valence-electron chi connectivity index (χ4n) is 5.05. The van der Waals surface area contributed by atoms with Crippen LogP contribution in [0.3, 0.4) is 0 Å². The van der Waals surface area contributed by atoms with Gasteiger partial charge in [-0.25, -0.2) is 0 Å². The number of rotatable bonds is 6. The third-order valence-corrected chi connectivity index (χ3v) is 7.37. The molecule has 1 atom stereocenters. The third kappa shape index (κ3) is 5.07. The second-order valence-electron chi connectivity index (χ2n) is 9.14. The molecule has 1 fully saturated rings. The van der Waals surface area contributed by atoms with E-state index in [-0.39, 0.29) is 11.1 Å². The van der Waals surface area contributed by atoms with Crippen molar-refractivity contribution in [1.29, 1.82) is 0 Å². The topological polar surface area (TPSA) is 45.2 Å². The van der Waals surface area contributed by atoms with E-state index in [4.69, 9.17) is 11.6 Å². The van der Waals surface area contributed by atoms with E-state index in [2.05, 4.69) is 15.2 Å². The highest BCUT2D eigenvalue weighted by Gasteiger charge is 2.45. The lowest BCUT2D eigenvalue weighted by Gasteiger charge is -2.44. The van der Waals surface area contributed by atoms with E-state index in [1.54, 1.807) is 12.4 Å². The Bertz CT molecular complexity index is 1170. The molecule has 1 heterocycles. The summed E-state index contributed by atoms with van der Waals surface area (Å²) in [5, 5.41) is 2.46. The first-order valence-electron chi connectivity index (χ1n) is 11.5. The molecule has 4 rings (SSSR count). The number of nitrogens with zero attached hydrogens (tertiary/aromatic N) is 2. The highest BCUT2D eigenvalue weighted by molar-refractivity contribution is 6.34. The SMILES string of the molecule is CN(C)C1(C(NC(=O)c2cccc(C(F)(F)F)c2Cl)c2ccc(-c3cccnc3)cc2)CCCC1. The van der Waals surface area contributed by atoms with Crippen molar-refractivity contribution in [2.75, 3.05) is 14.1 Å². The molecule has 8 heteroatoms. The normalized spacial score (nSPS) is 16.3. The lowest BCUT2D eigenvalue weighted by atomic mass is 9.81. The van der Waals surface area contributed by atoms with Crippen LogP contribution in [0.15, 0.2) is 67.0 Å². The summed E-state index contributed by atoms with van der Waals surface area (Å²) < 4.78 is 40.1. The van der Waals surface area contributed by atoms with E-state index < -0.39 is 28.7 Å². The molecule has 35 heavy (non-hydrogen) atoms. The van der Waals surface area contributed by atoms with Crippen LogP contribution in [0.5, 0.6) is 0 Å². The highest BCUT2D eigenvalue weighted by atomic mass is 35.5. The van der Waals surface area contributed by atoms with Gasteiger partial charge in [-0.1, -0.05) is 60.8 Å². The van der Waals surface area contributed by atoms with E-state index in [9.17, 15) is 18.0 Å². The zero-order valence-corrected chi connectivity index (χ0v) is 20.3. The molecule has 1 unspecified atom stereocenters. The molecule has 3 aromatic rings. The van der Waals surface area contributed by atoms with E-state index >= 15 is 0 Å². The van der Waals surface area contributed by atoms with Crippen LogP contribution in [-0.2, 0) is 6.18 Å². The Labute approximate surface area is 208 Å². The minimum absolute atomic E-state index is 0.189. The maximum atomic E-state index is 13.4. The number of nitrogens with one attached hydrogen (secondary N) is 1. The molecule has 184 valence electrons. The van der Waals surface area contributed by atoms with Crippen molar-refractivity contribution in [3.8, 4) is 11.1 Å². The van der Waals surface area contributed by atoms with Crippen molar-refractivity contribution in [2.45, 2.75) is 43.4 Å². The smallest absolute Gasteiger partial charge is 0.343 e. The van der Waals surface area contributed by atoms with Gasteiger partial charge in [0, 0.05) is 17.9 Å². The van der Waals surface area contributed by atoms with E-state index in [0.29, 0.717) is 0 Å². The standard InChI is InChI=1S/C27H27ClF3N3O/c1-34(2)26(14-3-4-15-26)24(19-12-10-18(11-13-19)20-7-6-16-32-17-20)33-25(35)21-8-5-9-22(23(21)28)27(29,30)31/h5-13,16-17,24H,3-4,14-15H2,1-2H3,(H,33,35). The molecule has 1 saturated carbocycles. The maximum absolute atomic E-state index is 13.4. The fourth-order valence-corrected chi connectivity index (χ4v) is 5.36. The summed E-state index contributed by atoms with van der Waals surface area (Å²) >= 11 is 6.07. The Morgan fingerprint density at radius 1 is 1.03 bits per heavy atom. The Hall–Kier alpha value is -2.90. The van der Waals surface area contributed by atoms with Gasteiger partial charge in [0.05, 0.1) is 22.2 Å². The van der Waals surface area contributed by atoms with Crippen molar-refractivity contribution in [3.63, 3.8) is 0 Å². The Balaban J connectivity index is 1.72. The molecule has 0 aliphatic heterocycles. The summed E-state index contributed by atoms with van der Waals surface area (Å²) in [5.41, 5.74) is 1.25. The van der Waals surface area contributed by atoms with E-state index in [1.165, 1.54) is 12.1 Å². The highest BCUT2D eigenvalue weighted by Crippen LogP contribution is 2.44. The molecule has 2 aromatic carbocycles. The Morgan fingerprint density at radius 2 is 1.71 bits per heavy atom. The van der Waals surface area contributed by atoms with E-state index in [1.807, 2.05) is 50.5 Å². The van der Waals surface area contributed by atoms with E-state index in [0.717, 1.165) is 48.4 Å². The van der Waals surface area contributed by atoms with Crippen molar-refractivity contribution in [3.05, 3.63) is 88.7 Å². The van der Waals surface area contributed by atoms with Gasteiger partial charge in [0.2, 0.25) is 0 Å². The Morgan fingerprint density at radius 3 is 2.29 bits per heavy atom. The summed E-state index contributed by atoms with van der Waals surface area (Å²) in [6, 6.07) is 14.7. The number of benzene rings is 2. The van der Waals surface area contributed by atoms with Gasteiger partial charge in [-0.15, -0.1) is 0 Å². The number of pyridine rings is 1. The molecule has 0 radical (unpaired) electrons. The number of hydrogen-bond acceptors (Lipinski definition) is 3. The van der Waals surface area contributed by atoms with Crippen LogP contribution < -0.4 is 5.32 Å². The van der Waals surface area contributed by atoms with Gasteiger partial charge in [0.1, 0.15) is 0 Å². The van der Waals surface area contributed by atoms with Crippen molar-refractivity contribution in [2.24, 2.45) is 0 Å². The summed E-state index contributed by atoms with van der Waals surface area (Å²) in [4.78, 5) is 19.6. The maximum Gasteiger partial charge on any atom is 0.417 e. The van der Waals surface area contributed by atoms with Gasteiger partial charge in [-0.3, -0.25) is 9.78 Å². The average molecular weight is 502 g/mol. The van der Waals surface area contributed by atoms with Crippen molar-refractivity contribution >= 4 is 17.5 Å². The van der Waals surface area contributed by atoms with Gasteiger partial charge >= 0.3 is 6.18 Å². The zero-order chi connectivity index (χ0) is 25.2. The lowest BCUT2D eigenvalue weighted by Crippen LogP contribution is -2.53.